The van der Waals surface area contributed by atoms with Crippen molar-refractivity contribution in [1.82, 2.24) is 0 Å². The van der Waals surface area contributed by atoms with Gasteiger partial charge in [0.25, 0.3) is 0 Å². The summed E-state index contributed by atoms with van der Waals surface area (Å²) in [5.41, 5.74) is -0.132. The first kappa shape index (κ1) is 10.1. The van der Waals surface area contributed by atoms with Crippen molar-refractivity contribution < 1.29 is 13.9 Å². The number of ether oxygens (including phenoxy) is 1. The molecule has 0 heterocycles. The Bertz CT molecular complexity index is 358. The molecule has 0 bridgehead atoms. The van der Waals surface area contributed by atoms with Crippen molar-refractivity contribution in [2.75, 3.05) is 6.61 Å². The Morgan fingerprint density at radius 1 is 1.47 bits per heavy atom. The van der Waals surface area contributed by atoms with Crippen molar-refractivity contribution in [3.63, 3.8) is 0 Å². The second-order valence-corrected chi connectivity index (χ2v) is 4.04. The van der Waals surface area contributed by atoms with E-state index in [9.17, 15) is 9.18 Å². The van der Waals surface area contributed by atoms with Crippen molar-refractivity contribution in [2.45, 2.75) is 19.3 Å². The van der Waals surface area contributed by atoms with Crippen LogP contribution < -0.4 is 4.74 Å². The molecule has 0 radical (unpaired) electrons. The summed E-state index contributed by atoms with van der Waals surface area (Å²) < 4.78 is 18.1. The molecule has 1 aliphatic carbocycles. The minimum atomic E-state index is -0.302. The fourth-order valence-electron chi connectivity index (χ4n) is 1.52. The molecular formula is C12H13FO2. The van der Waals surface area contributed by atoms with Gasteiger partial charge in [0, 0.05) is 11.5 Å². The highest BCUT2D eigenvalue weighted by Crippen LogP contribution is 2.46. The van der Waals surface area contributed by atoms with E-state index in [-0.39, 0.29) is 11.2 Å². The van der Waals surface area contributed by atoms with Crippen LogP contribution in [-0.2, 0) is 4.79 Å². The second kappa shape index (κ2) is 4.01. The van der Waals surface area contributed by atoms with Crippen molar-refractivity contribution in [2.24, 2.45) is 5.41 Å². The van der Waals surface area contributed by atoms with E-state index in [4.69, 9.17) is 4.74 Å². The minimum Gasteiger partial charge on any atom is -0.493 e. The van der Waals surface area contributed by atoms with Gasteiger partial charge in [-0.25, -0.2) is 4.39 Å². The number of hydrogen-bond donors (Lipinski definition) is 0. The van der Waals surface area contributed by atoms with Crippen molar-refractivity contribution in [3.8, 4) is 5.75 Å². The molecule has 15 heavy (non-hydrogen) atoms. The molecule has 1 fully saturated rings. The van der Waals surface area contributed by atoms with Crippen LogP contribution in [0.4, 0.5) is 4.39 Å². The lowest BCUT2D eigenvalue weighted by Crippen LogP contribution is -2.08. The number of carbonyl (C=O) groups excluding carboxylic acids is 1. The summed E-state index contributed by atoms with van der Waals surface area (Å²) in [4.78, 5) is 10.7. The molecule has 0 aromatic heterocycles. The monoisotopic (exact) mass is 208 g/mol. The Morgan fingerprint density at radius 2 is 2.27 bits per heavy atom. The Balaban J connectivity index is 1.81. The molecule has 0 atom stereocenters. The maximum absolute atomic E-state index is 12.8. The maximum atomic E-state index is 12.8. The number of aldehydes is 1. The van der Waals surface area contributed by atoms with Gasteiger partial charge in [0.05, 0.1) is 6.61 Å². The maximum Gasteiger partial charge on any atom is 0.126 e. The third kappa shape index (κ3) is 2.55. The lowest BCUT2D eigenvalue weighted by atomic mass is 10.1. The molecule has 0 aliphatic heterocycles. The van der Waals surface area contributed by atoms with Gasteiger partial charge in [0.1, 0.15) is 17.9 Å². The predicted octanol–water partition coefficient (Wildman–Crippen LogP) is 2.57. The van der Waals surface area contributed by atoms with E-state index < -0.39 is 0 Å². The summed E-state index contributed by atoms with van der Waals surface area (Å²) >= 11 is 0. The SMILES string of the molecule is O=CC1(CCOc2cccc(F)c2)CC1. The summed E-state index contributed by atoms with van der Waals surface area (Å²) in [5.74, 6) is 0.223. The van der Waals surface area contributed by atoms with Crippen LogP contribution >= 0.6 is 0 Å². The molecule has 80 valence electrons. The molecule has 0 unspecified atom stereocenters. The lowest BCUT2D eigenvalue weighted by molar-refractivity contribution is -0.112. The Kier molecular flexibility index (Phi) is 2.71. The van der Waals surface area contributed by atoms with Crippen LogP contribution in [0.2, 0.25) is 0 Å². The number of halogens is 1. The topological polar surface area (TPSA) is 26.3 Å². The minimum absolute atomic E-state index is 0.132. The van der Waals surface area contributed by atoms with Gasteiger partial charge in [-0.3, -0.25) is 0 Å². The number of carbonyl (C=O) groups is 1. The van der Waals surface area contributed by atoms with E-state index in [1.807, 2.05) is 0 Å². The van der Waals surface area contributed by atoms with E-state index in [0.29, 0.717) is 12.4 Å². The van der Waals surface area contributed by atoms with Gasteiger partial charge in [0.15, 0.2) is 0 Å². The highest BCUT2D eigenvalue weighted by molar-refractivity contribution is 5.63. The van der Waals surface area contributed by atoms with E-state index in [2.05, 4.69) is 0 Å². The Labute approximate surface area is 88.1 Å². The van der Waals surface area contributed by atoms with Crippen LogP contribution in [0, 0.1) is 11.2 Å². The van der Waals surface area contributed by atoms with E-state index in [1.165, 1.54) is 12.1 Å². The standard InChI is InChI=1S/C12H13FO2/c13-10-2-1-3-11(8-10)15-7-6-12(9-14)4-5-12/h1-3,8-9H,4-7H2. The van der Waals surface area contributed by atoms with Crippen LogP contribution in [0.15, 0.2) is 24.3 Å². The van der Waals surface area contributed by atoms with E-state index in [1.54, 1.807) is 12.1 Å². The molecule has 1 saturated carbocycles. The van der Waals surface area contributed by atoms with Crippen LogP contribution in [0.25, 0.3) is 0 Å². The molecule has 2 rings (SSSR count). The van der Waals surface area contributed by atoms with Gasteiger partial charge in [-0.2, -0.15) is 0 Å². The molecule has 0 spiro atoms. The summed E-state index contributed by atoms with van der Waals surface area (Å²) in [6, 6.07) is 6.04. The highest BCUT2D eigenvalue weighted by Gasteiger charge is 2.42. The van der Waals surface area contributed by atoms with E-state index >= 15 is 0 Å². The van der Waals surface area contributed by atoms with Gasteiger partial charge >= 0.3 is 0 Å². The fraction of sp³-hybridized carbons (Fsp3) is 0.417. The first-order valence-electron chi connectivity index (χ1n) is 5.09. The lowest BCUT2D eigenvalue weighted by Gasteiger charge is -2.08. The summed E-state index contributed by atoms with van der Waals surface area (Å²) in [6.07, 6.45) is 3.67. The van der Waals surface area contributed by atoms with Crippen LogP contribution in [0.3, 0.4) is 0 Å². The van der Waals surface area contributed by atoms with Gasteiger partial charge in [-0.05, 0) is 31.4 Å². The molecule has 3 heteroatoms. The average molecular weight is 208 g/mol. The molecule has 0 N–H and O–H groups in total. The molecule has 1 aromatic carbocycles. The predicted molar refractivity (Wildman–Crippen MR) is 54.2 cm³/mol. The van der Waals surface area contributed by atoms with Crippen LogP contribution in [0.5, 0.6) is 5.75 Å². The Hall–Kier alpha value is -1.38. The van der Waals surface area contributed by atoms with Gasteiger partial charge in [-0.1, -0.05) is 6.07 Å². The normalized spacial score (nSPS) is 17.1. The Morgan fingerprint density at radius 3 is 2.87 bits per heavy atom. The number of hydrogen-bond acceptors (Lipinski definition) is 2. The van der Waals surface area contributed by atoms with Gasteiger partial charge < -0.3 is 9.53 Å². The third-order valence-electron chi connectivity index (χ3n) is 2.81. The molecule has 1 aliphatic rings. The third-order valence-corrected chi connectivity index (χ3v) is 2.81. The fourth-order valence-corrected chi connectivity index (χ4v) is 1.52. The van der Waals surface area contributed by atoms with Crippen LogP contribution in [-0.4, -0.2) is 12.9 Å². The zero-order valence-corrected chi connectivity index (χ0v) is 8.41. The number of benzene rings is 1. The summed E-state index contributed by atoms with van der Waals surface area (Å²) in [7, 11) is 0. The van der Waals surface area contributed by atoms with Crippen molar-refractivity contribution >= 4 is 6.29 Å². The second-order valence-electron chi connectivity index (χ2n) is 4.04. The molecule has 2 nitrogen and oxygen atoms in total. The van der Waals surface area contributed by atoms with E-state index in [0.717, 1.165) is 25.5 Å². The number of rotatable bonds is 5. The summed E-state index contributed by atoms with van der Waals surface area (Å²) in [6.45, 7) is 0.474. The van der Waals surface area contributed by atoms with Gasteiger partial charge in [-0.15, -0.1) is 0 Å². The van der Waals surface area contributed by atoms with Crippen molar-refractivity contribution in [3.05, 3.63) is 30.1 Å². The molecule has 1 aromatic rings. The smallest absolute Gasteiger partial charge is 0.126 e. The quantitative estimate of drug-likeness (QED) is 0.695. The average Bonchev–Trinajstić information content (AvgIpc) is 2.99. The van der Waals surface area contributed by atoms with Crippen molar-refractivity contribution in [1.29, 1.82) is 0 Å². The largest absolute Gasteiger partial charge is 0.493 e. The zero-order valence-electron chi connectivity index (χ0n) is 8.41. The highest BCUT2D eigenvalue weighted by atomic mass is 19.1. The summed E-state index contributed by atoms with van der Waals surface area (Å²) in [5, 5.41) is 0. The first-order chi connectivity index (χ1) is 7.24. The van der Waals surface area contributed by atoms with Gasteiger partial charge in [0.2, 0.25) is 0 Å². The molecule has 0 saturated heterocycles. The van der Waals surface area contributed by atoms with Crippen LogP contribution in [0.1, 0.15) is 19.3 Å². The molecule has 0 amide bonds. The first-order valence-corrected chi connectivity index (χ1v) is 5.09. The molecular weight excluding hydrogens is 195 g/mol. The zero-order chi connectivity index (χ0) is 10.7.